The summed E-state index contributed by atoms with van der Waals surface area (Å²) in [5.41, 5.74) is 2.77. The van der Waals surface area contributed by atoms with E-state index in [-0.39, 0.29) is 19.1 Å². The number of amides is 2. The van der Waals surface area contributed by atoms with Gasteiger partial charge in [0, 0.05) is 13.1 Å². The molecule has 0 aliphatic heterocycles. The number of alkyl carbamates (subject to hydrolysis) is 1. The first-order valence-corrected chi connectivity index (χ1v) is 9.56. The number of hydrogen-bond donors (Lipinski definition) is 2. The molecule has 0 fully saturated rings. The van der Waals surface area contributed by atoms with Crippen molar-refractivity contribution in [2.45, 2.75) is 12.5 Å². The molecule has 5 heteroatoms. The highest BCUT2D eigenvalue weighted by molar-refractivity contribution is 5.87. The molecule has 0 unspecified atom stereocenters. The Morgan fingerprint density at radius 1 is 0.690 bits per heavy atom. The molecule has 0 saturated carbocycles. The fourth-order valence-corrected chi connectivity index (χ4v) is 3.01. The Balaban J connectivity index is 1.48. The molecule has 0 heterocycles. The second kappa shape index (κ2) is 10.7. The zero-order valence-corrected chi connectivity index (χ0v) is 16.1. The Morgan fingerprint density at radius 2 is 1.17 bits per heavy atom. The molecule has 148 valence electrons. The summed E-state index contributed by atoms with van der Waals surface area (Å²) in [6.45, 7) is 0.814. The average molecular weight is 388 g/mol. The van der Waals surface area contributed by atoms with Crippen LogP contribution in [0.3, 0.4) is 0 Å². The molecule has 0 spiro atoms. The molecule has 2 amide bonds. The van der Waals surface area contributed by atoms with Crippen LogP contribution in [0.5, 0.6) is 0 Å². The van der Waals surface area contributed by atoms with Gasteiger partial charge >= 0.3 is 6.09 Å². The number of hydrogen-bond acceptors (Lipinski definition) is 3. The summed E-state index contributed by atoms with van der Waals surface area (Å²) < 4.78 is 5.16. The SMILES string of the molecule is O=C(NCCNC(=O)C(c1ccccc1)c1ccccc1)OCc1ccccc1. The summed E-state index contributed by atoms with van der Waals surface area (Å²) in [5, 5.41) is 5.55. The van der Waals surface area contributed by atoms with Gasteiger partial charge in [-0.25, -0.2) is 4.79 Å². The Labute approximate surface area is 170 Å². The molecule has 29 heavy (non-hydrogen) atoms. The number of ether oxygens (including phenoxy) is 1. The van der Waals surface area contributed by atoms with Crippen molar-refractivity contribution in [2.24, 2.45) is 0 Å². The number of carbonyl (C=O) groups is 2. The molecule has 3 aromatic rings. The number of rotatable bonds is 8. The molecule has 0 bridgehead atoms. The van der Waals surface area contributed by atoms with E-state index in [1.165, 1.54) is 0 Å². The first-order valence-electron chi connectivity index (χ1n) is 9.56. The van der Waals surface area contributed by atoms with Gasteiger partial charge in [0.1, 0.15) is 6.61 Å². The van der Waals surface area contributed by atoms with Gasteiger partial charge in [0.05, 0.1) is 5.92 Å². The summed E-state index contributed by atoms with van der Waals surface area (Å²) in [4.78, 5) is 24.6. The summed E-state index contributed by atoms with van der Waals surface area (Å²) in [6.07, 6.45) is -0.509. The summed E-state index contributed by atoms with van der Waals surface area (Å²) in [6, 6.07) is 28.8. The van der Waals surface area contributed by atoms with Crippen LogP contribution in [0, 0.1) is 0 Å². The van der Waals surface area contributed by atoms with Crippen molar-refractivity contribution < 1.29 is 14.3 Å². The van der Waals surface area contributed by atoms with Gasteiger partial charge < -0.3 is 15.4 Å². The molecule has 2 N–H and O–H groups in total. The largest absolute Gasteiger partial charge is 0.445 e. The van der Waals surface area contributed by atoms with Crippen molar-refractivity contribution in [3.63, 3.8) is 0 Å². The zero-order valence-electron chi connectivity index (χ0n) is 16.1. The molecule has 0 saturated heterocycles. The van der Waals surface area contributed by atoms with Crippen LogP contribution in [0.15, 0.2) is 91.0 Å². The standard InChI is InChI=1S/C24H24N2O3/c27-23(22(20-12-6-2-7-13-20)21-14-8-3-9-15-21)25-16-17-26-24(28)29-18-19-10-4-1-5-11-19/h1-15,22H,16-18H2,(H,25,27)(H,26,28). The lowest BCUT2D eigenvalue weighted by Gasteiger charge is -2.18. The summed E-state index contributed by atoms with van der Waals surface area (Å²) >= 11 is 0. The monoisotopic (exact) mass is 388 g/mol. The summed E-state index contributed by atoms with van der Waals surface area (Å²) in [7, 11) is 0. The second-order valence-corrected chi connectivity index (χ2v) is 6.53. The maximum absolute atomic E-state index is 12.8. The maximum Gasteiger partial charge on any atom is 0.407 e. The van der Waals surface area contributed by atoms with E-state index in [1.807, 2.05) is 91.0 Å². The van der Waals surface area contributed by atoms with Crippen molar-refractivity contribution in [3.05, 3.63) is 108 Å². The lowest BCUT2D eigenvalue weighted by molar-refractivity contribution is -0.121. The number of nitrogens with one attached hydrogen (secondary N) is 2. The molecule has 0 aliphatic rings. The van der Waals surface area contributed by atoms with Crippen molar-refractivity contribution in [3.8, 4) is 0 Å². The molecular formula is C24H24N2O3. The van der Waals surface area contributed by atoms with Gasteiger partial charge in [0.2, 0.25) is 5.91 Å². The van der Waals surface area contributed by atoms with Gasteiger partial charge in [0.25, 0.3) is 0 Å². The molecule has 0 radical (unpaired) electrons. The van der Waals surface area contributed by atoms with Gasteiger partial charge in [-0.15, -0.1) is 0 Å². The van der Waals surface area contributed by atoms with E-state index in [0.717, 1.165) is 16.7 Å². The lowest BCUT2D eigenvalue weighted by Crippen LogP contribution is -2.37. The van der Waals surface area contributed by atoms with Crippen LogP contribution in [0.2, 0.25) is 0 Å². The smallest absolute Gasteiger partial charge is 0.407 e. The third-order valence-corrected chi connectivity index (χ3v) is 4.43. The van der Waals surface area contributed by atoms with Crippen molar-refractivity contribution in [1.82, 2.24) is 10.6 Å². The van der Waals surface area contributed by atoms with Crippen LogP contribution in [0.1, 0.15) is 22.6 Å². The van der Waals surface area contributed by atoms with E-state index in [4.69, 9.17) is 4.74 Å². The van der Waals surface area contributed by atoms with Crippen LogP contribution in [-0.4, -0.2) is 25.1 Å². The minimum Gasteiger partial charge on any atom is -0.445 e. The molecule has 0 atom stereocenters. The van der Waals surface area contributed by atoms with Gasteiger partial charge in [-0.05, 0) is 16.7 Å². The predicted octanol–water partition coefficient (Wildman–Crippen LogP) is 3.86. The van der Waals surface area contributed by atoms with Crippen LogP contribution in [0.4, 0.5) is 4.79 Å². The van der Waals surface area contributed by atoms with Gasteiger partial charge in [-0.1, -0.05) is 91.0 Å². The minimum absolute atomic E-state index is 0.109. The lowest BCUT2D eigenvalue weighted by atomic mass is 9.90. The van der Waals surface area contributed by atoms with Crippen LogP contribution < -0.4 is 10.6 Å². The fraction of sp³-hybridized carbons (Fsp3) is 0.167. The molecule has 3 rings (SSSR count). The normalized spacial score (nSPS) is 10.4. The van der Waals surface area contributed by atoms with Gasteiger partial charge in [-0.3, -0.25) is 4.79 Å². The van der Waals surface area contributed by atoms with E-state index in [9.17, 15) is 9.59 Å². The molecule has 0 aliphatic carbocycles. The number of benzene rings is 3. The maximum atomic E-state index is 12.8. The fourth-order valence-electron chi connectivity index (χ4n) is 3.01. The Morgan fingerprint density at radius 3 is 1.72 bits per heavy atom. The zero-order chi connectivity index (χ0) is 20.3. The van der Waals surface area contributed by atoms with E-state index in [2.05, 4.69) is 10.6 Å². The van der Waals surface area contributed by atoms with Crippen molar-refractivity contribution in [1.29, 1.82) is 0 Å². The van der Waals surface area contributed by atoms with E-state index in [0.29, 0.717) is 6.54 Å². The van der Waals surface area contributed by atoms with E-state index in [1.54, 1.807) is 0 Å². The van der Waals surface area contributed by atoms with E-state index >= 15 is 0 Å². The van der Waals surface area contributed by atoms with Gasteiger partial charge in [0.15, 0.2) is 0 Å². The first kappa shape index (κ1) is 20.1. The molecule has 5 nitrogen and oxygen atoms in total. The van der Waals surface area contributed by atoms with Crippen molar-refractivity contribution in [2.75, 3.05) is 13.1 Å². The molecular weight excluding hydrogens is 364 g/mol. The Hall–Kier alpha value is -3.60. The highest BCUT2D eigenvalue weighted by Crippen LogP contribution is 2.24. The number of carbonyl (C=O) groups excluding carboxylic acids is 2. The highest BCUT2D eigenvalue weighted by Gasteiger charge is 2.22. The third kappa shape index (κ3) is 6.21. The Kier molecular flexibility index (Phi) is 7.41. The average Bonchev–Trinajstić information content (AvgIpc) is 2.78. The predicted molar refractivity (Wildman–Crippen MR) is 112 cm³/mol. The van der Waals surface area contributed by atoms with Crippen LogP contribution in [-0.2, 0) is 16.1 Å². The van der Waals surface area contributed by atoms with Crippen LogP contribution >= 0.6 is 0 Å². The minimum atomic E-state index is -0.509. The second-order valence-electron chi connectivity index (χ2n) is 6.53. The topological polar surface area (TPSA) is 67.4 Å². The third-order valence-electron chi connectivity index (χ3n) is 4.43. The Bertz CT molecular complexity index is 860. The van der Waals surface area contributed by atoms with Crippen molar-refractivity contribution >= 4 is 12.0 Å². The van der Waals surface area contributed by atoms with Gasteiger partial charge in [-0.2, -0.15) is 0 Å². The summed E-state index contributed by atoms with van der Waals surface area (Å²) in [5.74, 6) is -0.510. The first-order chi connectivity index (χ1) is 14.2. The molecule has 0 aromatic heterocycles. The van der Waals surface area contributed by atoms with E-state index < -0.39 is 12.0 Å². The highest BCUT2D eigenvalue weighted by atomic mass is 16.5. The van der Waals surface area contributed by atoms with Crippen LogP contribution in [0.25, 0.3) is 0 Å². The quantitative estimate of drug-likeness (QED) is 0.576. The molecule has 3 aromatic carbocycles.